The Balaban J connectivity index is 1.52. The molecule has 0 radical (unpaired) electrons. The summed E-state index contributed by atoms with van der Waals surface area (Å²) < 4.78 is 35.2. The van der Waals surface area contributed by atoms with Crippen molar-refractivity contribution in [3.05, 3.63) is 58.4 Å². The molecule has 2 heterocycles. The van der Waals surface area contributed by atoms with E-state index in [9.17, 15) is 18.0 Å². The van der Waals surface area contributed by atoms with E-state index in [2.05, 4.69) is 4.99 Å². The van der Waals surface area contributed by atoms with Gasteiger partial charge in [0.1, 0.15) is 0 Å². The molecule has 0 N–H and O–H groups in total. The lowest BCUT2D eigenvalue weighted by Crippen LogP contribution is -2.40. The first-order valence-electron chi connectivity index (χ1n) is 11.7. The lowest BCUT2D eigenvalue weighted by molar-refractivity contribution is -0.122. The molecule has 35 heavy (non-hydrogen) atoms. The second-order valence-corrected chi connectivity index (χ2v) is 11.4. The van der Waals surface area contributed by atoms with Crippen LogP contribution in [0.4, 0.5) is 0 Å². The van der Waals surface area contributed by atoms with E-state index < -0.39 is 10.0 Å². The van der Waals surface area contributed by atoms with Crippen LogP contribution >= 0.6 is 11.3 Å². The molecule has 1 aromatic heterocycles. The first-order chi connectivity index (χ1) is 16.7. The number of fused-ring (bicyclic) bond motifs is 1. The summed E-state index contributed by atoms with van der Waals surface area (Å²) in [6.45, 7) is 7.14. The summed E-state index contributed by atoms with van der Waals surface area (Å²) in [5.74, 6) is -0.949. The molecule has 3 aromatic rings. The molecule has 0 aliphatic carbocycles. The van der Waals surface area contributed by atoms with Crippen molar-refractivity contribution in [1.82, 2.24) is 8.87 Å². The zero-order chi connectivity index (χ0) is 25.2. The molecule has 0 atom stereocenters. The number of esters is 1. The Morgan fingerprint density at radius 2 is 1.77 bits per heavy atom. The molecule has 1 fully saturated rings. The number of carbonyl (C=O) groups is 2. The zero-order valence-corrected chi connectivity index (χ0v) is 21.7. The van der Waals surface area contributed by atoms with Gasteiger partial charge in [-0.3, -0.25) is 4.79 Å². The maximum atomic E-state index is 13.0. The maximum Gasteiger partial charge on any atom is 0.338 e. The van der Waals surface area contributed by atoms with Crippen LogP contribution < -0.4 is 4.80 Å². The summed E-state index contributed by atoms with van der Waals surface area (Å²) in [4.78, 5) is 30.4. The average molecular weight is 516 g/mol. The van der Waals surface area contributed by atoms with Crippen LogP contribution in [0, 0.1) is 12.8 Å². The smallest absolute Gasteiger partial charge is 0.338 e. The summed E-state index contributed by atoms with van der Waals surface area (Å²) in [5.41, 5.74) is 2.36. The predicted octanol–water partition coefficient (Wildman–Crippen LogP) is 3.74. The topological polar surface area (TPSA) is 98.0 Å². The molecule has 2 aromatic carbocycles. The molecule has 8 nitrogen and oxygen atoms in total. The molecule has 4 rings (SSSR count). The second-order valence-electron chi connectivity index (χ2n) is 8.47. The lowest BCUT2D eigenvalue weighted by Gasteiger charge is -2.29. The van der Waals surface area contributed by atoms with Crippen molar-refractivity contribution in [2.45, 2.75) is 45.1 Å². The van der Waals surface area contributed by atoms with Crippen molar-refractivity contribution < 1.29 is 22.7 Å². The van der Waals surface area contributed by atoms with Gasteiger partial charge in [0, 0.05) is 25.6 Å². The Kier molecular flexibility index (Phi) is 7.53. The van der Waals surface area contributed by atoms with E-state index in [1.165, 1.54) is 15.6 Å². The summed E-state index contributed by atoms with van der Waals surface area (Å²) in [6.07, 6.45) is 0.856. The SMILES string of the molecule is CCOC(=O)c1ccc2c(c1)sc(=NC(=O)C1CCN(S(=O)(=O)c3ccc(C)cc3)CC1)n2CC. The summed E-state index contributed by atoms with van der Waals surface area (Å²) >= 11 is 1.36. The highest BCUT2D eigenvalue weighted by Gasteiger charge is 2.32. The number of amides is 1. The number of benzene rings is 2. The van der Waals surface area contributed by atoms with E-state index in [0.29, 0.717) is 36.4 Å². The first-order valence-corrected chi connectivity index (χ1v) is 14.0. The first kappa shape index (κ1) is 25.3. The van der Waals surface area contributed by atoms with E-state index in [1.54, 1.807) is 43.3 Å². The van der Waals surface area contributed by atoms with Crippen LogP contribution in [0.1, 0.15) is 42.6 Å². The van der Waals surface area contributed by atoms with Crippen molar-refractivity contribution >= 4 is 43.5 Å². The number of thiazole rings is 1. The highest BCUT2D eigenvalue weighted by atomic mass is 32.2. The number of sulfonamides is 1. The normalized spacial score (nSPS) is 16.0. The van der Waals surface area contributed by atoms with Crippen LogP contribution in [0.25, 0.3) is 10.2 Å². The molecular formula is C25H29N3O5S2. The number of aryl methyl sites for hydroxylation is 2. The number of rotatable bonds is 6. The predicted molar refractivity (Wildman–Crippen MR) is 135 cm³/mol. The van der Waals surface area contributed by atoms with Crippen molar-refractivity contribution in [1.29, 1.82) is 0 Å². The van der Waals surface area contributed by atoms with Gasteiger partial charge in [-0.2, -0.15) is 9.30 Å². The van der Waals surface area contributed by atoms with Crippen LogP contribution in [0.5, 0.6) is 0 Å². The average Bonchev–Trinajstić information content (AvgIpc) is 3.20. The largest absolute Gasteiger partial charge is 0.462 e. The molecule has 1 amide bonds. The molecule has 1 aliphatic heterocycles. The Bertz CT molecular complexity index is 1410. The van der Waals surface area contributed by atoms with Crippen molar-refractivity contribution in [2.75, 3.05) is 19.7 Å². The minimum atomic E-state index is -3.58. The standard InChI is InChI=1S/C25H29N3O5S2/c1-4-28-21-11-8-19(24(30)33-5-2)16-22(21)34-25(28)26-23(29)18-12-14-27(15-13-18)35(31,32)20-9-6-17(3)7-10-20/h6-11,16,18H,4-5,12-15H2,1-3H3. The Morgan fingerprint density at radius 3 is 2.40 bits per heavy atom. The lowest BCUT2D eigenvalue weighted by atomic mass is 9.98. The molecule has 186 valence electrons. The highest BCUT2D eigenvalue weighted by molar-refractivity contribution is 7.89. The summed E-state index contributed by atoms with van der Waals surface area (Å²) in [5, 5.41) is 0. The van der Waals surface area contributed by atoms with Gasteiger partial charge in [0.15, 0.2) is 4.80 Å². The minimum Gasteiger partial charge on any atom is -0.462 e. The second kappa shape index (κ2) is 10.4. The fourth-order valence-corrected chi connectivity index (χ4v) is 6.80. The zero-order valence-electron chi connectivity index (χ0n) is 20.1. The third kappa shape index (κ3) is 5.24. The summed E-state index contributed by atoms with van der Waals surface area (Å²) in [6, 6.07) is 12.1. The highest BCUT2D eigenvalue weighted by Crippen LogP contribution is 2.25. The molecule has 1 aliphatic rings. The van der Waals surface area contributed by atoms with E-state index in [4.69, 9.17) is 4.74 Å². The maximum absolute atomic E-state index is 13.0. The van der Waals surface area contributed by atoms with Crippen LogP contribution in [0.3, 0.4) is 0 Å². The van der Waals surface area contributed by atoms with Gasteiger partial charge < -0.3 is 9.30 Å². The number of carbonyl (C=O) groups excluding carboxylic acids is 2. The molecule has 0 spiro atoms. The number of aromatic nitrogens is 1. The summed E-state index contributed by atoms with van der Waals surface area (Å²) in [7, 11) is -3.58. The number of piperidine rings is 1. The number of hydrogen-bond acceptors (Lipinski definition) is 6. The third-order valence-electron chi connectivity index (χ3n) is 6.18. The Labute approximate surface area is 208 Å². The van der Waals surface area contributed by atoms with Gasteiger partial charge in [-0.1, -0.05) is 29.0 Å². The van der Waals surface area contributed by atoms with Gasteiger partial charge in [-0.15, -0.1) is 0 Å². The number of nitrogens with zero attached hydrogens (tertiary/aromatic N) is 3. The quantitative estimate of drug-likeness (QED) is 0.466. The van der Waals surface area contributed by atoms with E-state index in [-0.39, 0.29) is 35.8 Å². The molecule has 10 heteroatoms. The molecule has 0 unspecified atom stereocenters. The Hall–Kier alpha value is -2.82. The van der Waals surface area contributed by atoms with Crippen molar-refractivity contribution in [3.63, 3.8) is 0 Å². The third-order valence-corrected chi connectivity index (χ3v) is 9.13. The van der Waals surface area contributed by atoms with Gasteiger partial charge in [0.2, 0.25) is 10.0 Å². The Morgan fingerprint density at radius 1 is 1.09 bits per heavy atom. The van der Waals surface area contributed by atoms with Crippen LogP contribution in [-0.2, 0) is 26.1 Å². The minimum absolute atomic E-state index is 0.239. The van der Waals surface area contributed by atoms with Crippen LogP contribution in [0.2, 0.25) is 0 Å². The molecule has 0 saturated carbocycles. The monoisotopic (exact) mass is 515 g/mol. The van der Waals surface area contributed by atoms with Crippen LogP contribution in [-0.4, -0.2) is 48.9 Å². The molecule has 1 saturated heterocycles. The van der Waals surface area contributed by atoms with Crippen LogP contribution in [0.15, 0.2) is 52.4 Å². The van der Waals surface area contributed by atoms with Crippen molar-refractivity contribution in [3.8, 4) is 0 Å². The fourth-order valence-electron chi connectivity index (χ4n) is 4.19. The van der Waals surface area contributed by atoms with Gasteiger partial charge in [0.25, 0.3) is 5.91 Å². The van der Waals surface area contributed by atoms with Gasteiger partial charge >= 0.3 is 5.97 Å². The molecular weight excluding hydrogens is 486 g/mol. The number of hydrogen-bond donors (Lipinski definition) is 0. The van der Waals surface area contributed by atoms with E-state index in [1.807, 2.05) is 24.5 Å². The fraction of sp³-hybridized carbons (Fsp3) is 0.400. The van der Waals surface area contributed by atoms with Crippen molar-refractivity contribution in [2.24, 2.45) is 10.9 Å². The van der Waals surface area contributed by atoms with Gasteiger partial charge in [-0.25, -0.2) is 13.2 Å². The van der Waals surface area contributed by atoms with Gasteiger partial charge in [-0.05, 0) is 63.9 Å². The van der Waals surface area contributed by atoms with E-state index in [0.717, 1.165) is 15.8 Å². The van der Waals surface area contributed by atoms with Gasteiger partial charge in [0.05, 0.1) is 27.3 Å². The molecule has 0 bridgehead atoms. The van der Waals surface area contributed by atoms with E-state index >= 15 is 0 Å². The number of ether oxygens (including phenoxy) is 1.